The van der Waals surface area contributed by atoms with Crippen LogP contribution in [0.15, 0.2) is 64.0 Å². The highest BCUT2D eigenvalue weighted by Crippen LogP contribution is 2.47. The largest absolute Gasteiger partial charge is 0.240 e. The minimum absolute atomic E-state index is 0.0274. The molecule has 0 aliphatic heterocycles. The Labute approximate surface area is 133 Å². The van der Waals surface area contributed by atoms with Crippen molar-refractivity contribution in [1.29, 1.82) is 0 Å². The average Bonchev–Trinajstić information content (AvgIpc) is 3.28. The summed E-state index contributed by atoms with van der Waals surface area (Å²) in [4.78, 5) is 0.292. The normalized spacial score (nSPS) is 16.6. The van der Waals surface area contributed by atoms with Gasteiger partial charge in [0.25, 0.3) is 0 Å². The Morgan fingerprint density at radius 3 is 2.38 bits per heavy atom. The summed E-state index contributed by atoms with van der Waals surface area (Å²) < 4.78 is 28.2. The summed E-state index contributed by atoms with van der Waals surface area (Å²) >= 11 is 3.30. The Morgan fingerprint density at radius 1 is 1.05 bits per heavy atom. The Hall–Kier alpha value is -1.17. The summed E-state index contributed by atoms with van der Waals surface area (Å²) in [5.74, 6) is 0. The third-order valence-corrected chi connectivity index (χ3v) is 5.84. The Kier molecular flexibility index (Phi) is 3.90. The Bertz CT molecular complexity index is 740. The summed E-state index contributed by atoms with van der Waals surface area (Å²) in [6.45, 7) is 0.450. The van der Waals surface area contributed by atoms with Gasteiger partial charge in [-0.05, 0) is 36.6 Å². The van der Waals surface area contributed by atoms with E-state index in [1.807, 2.05) is 24.3 Å². The predicted octanol–water partition coefficient (Wildman–Crippen LogP) is 3.46. The standard InChI is InChI=1S/C16H16BrNO2S/c17-14-7-4-8-15(11-14)21(19,20)18-12-16(9-10-16)13-5-2-1-3-6-13/h1-8,11,18H,9-10,12H2. The highest BCUT2D eigenvalue weighted by Gasteiger charge is 2.44. The maximum Gasteiger partial charge on any atom is 0.240 e. The van der Waals surface area contributed by atoms with E-state index in [1.165, 1.54) is 5.56 Å². The van der Waals surface area contributed by atoms with E-state index in [1.54, 1.807) is 18.2 Å². The number of halogens is 1. The summed E-state index contributed by atoms with van der Waals surface area (Å²) in [6.07, 6.45) is 2.05. The molecular weight excluding hydrogens is 350 g/mol. The van der Waals surface area contributed by atoms with E-state index in [2.05, 4.69) is 32.8 Å². The molecule has 0 atom stereocenters. The molecule has 0 radical (unpaired) electrons. The van der Waals surface area contributed by atoms with Crippen molar-refractivity contribution in [2.75, 3.05) is 6.54 Å². The molecular formula is C16H16BrNO2S. The van der Waals surface area contributed by atoms with Crippen molar-refractivity contribution < 1.29 is 8.42 Å². The van der Waals surface area contributed by atoms with Gasteiger partial charge >= 0.3 is 0 Å². The molecule has 3 nitrogen and oxygen atoms in total. The van der Waals surface area contributed by atoms with Crippen molar-refractivity contribution in [3.8, 4) is 0 Å². The fraction of sp³-hybridized carbons (Fsp3) is 0.250. The maximum absolute atomic E-state index is 12.4. The number of benzene rings is 2. The van der Waals surface area contributed by atoms with E-state index in [9.17, 15) is 8.42 Å². The van der Waals surface area contributed by atoms with Gasteiger partial charge in [0.2, 0.25) is 10.0 Å². The SMILES string of the molecule is O=S(=O)(NCC1(c2ccccc2)CC1)c1cccc(Br)c1. The molecule has 1 N–H and O–H groups in total. The van der Waals surface area contributed by atoms with E-state index in [0.29, 0.717) is 11.4 Å². The van der Waals surface area contributed by atoms with E-state index in [-0.39, 0.29) is 5.41 Å². The third kappa shape index (κ3) is 3.20. The first kappa shape index (κ1) is 14.8. The molecule has 0 spiro atoms. The Balaban J connectivity index is 1.76. The van der Waals surface area contributed by atoms with Gasteiger partial charge in [0.05, 0.1) is 4.90 Å². The molecule has 2 aromatic carbocycles. The molecule has 0 saturated heterocycles. The molecule has 0 amide bonds. The van der Waals surface area contributed by atoms with Gasteiger partial charge < -0.3 is 0 Å². The lowest BCUT2D eigenvalue weighted by Gasteiger charge is -2.16. The summed E-state index contributed by atoms with van der Waals surface area (Å²) in [5, 5.41) is 0. The molecule has 2 aromatic rings. The summed E-state index contributed by atoms with van der Waals surface area (Å²) in [7, 11) is -3.46. The highest BCUT2D eigenvalue weighted by molar-refractivity contribution is 9.10. The lowest BCUT2D eigenvalue weighted by molar-refractivity contribution is 0.567. The summed E-state index contributed by atoms with van der Waals surface area (Å²) in [6, 6.07) is 16.9. The van der Waals surface area contributed by atoms with Crippen LogP contribution in [0.5, 0.6) is 0 Å². The molecule has 5 heteroatoms. The minimum Gasteiger partial charge on any atom is -0.210 e. The minimum atomic E-state index is -3.46. The molecule has 0 heterocycles. The van der Waals surface area contributed by atoms with Crippen molar-refractivity contribution in [1.82, 2.24) is 4.72 Å². The van der Waals surface area contributed by atoms with E-state index in [4.69, 9.17) is 0 Å². The van der Waals surface area contributed by atoms with Gasteiger partial charge in [-0.3, -0.25) is 0 Å². The van der Waals surface area contributed by atoms with Crippen molar-refractivity contribution in [2.24, 2.45) is 0 Å². The zero-order valence-electron chi connectivity index (χ0n) is 11.4. The van der Waals surface area contributed by atoms with Gasteiger partial charge in [0.15, 0.2) is 0 Å². The molecule has 0 aromatic heterocycles. The van der Waals surface area contributed by atoms with Crippen molar-refractivity contribution in [3.05, 3.63) is 64.6 Å². The zero-order valence-corrected chi connectivity index (χ0v) is 13.8. The second kappa shape index (κ2) is 5.55. The van der Waals surface area contributed by atoms with Crippen LogP contribution in [-0.4, -0.2) is 15.0 Å². The summed E-state index contributed by atoms with van der Waals surface area (Å²) in [5.41, 5.74) is 1.18. The number of sulfonamides is 1. The van der Waals surface area contributed by atoms with Crippen LogP contribution < -0.4 is 4.72 Å². The second-order valence-electron chi connectivity index (χ2n) is 5.43. The number of nitrogens with one attached hydrogen (secondary N) is 1. The van der Waals surface area contributed by atoms with Crippen LogP contribution in [0.2, 0.25) is 0 Å². The van der Waals surface area contributed by atoms with Crippen LogP contribution in [0.25, 0.3) is 0 Å². The van der Waals surface area contributed by atoms with Crippen LogP contribution in [0.1, 0.15) is 18.4 Å². The van der Waals surface area contributed by atoms with Gasteiger partial charge in [0.1, 0.15) is 0 Å². The lowest BCUT2D eigenvalue weighted by Crippen LogP contribution is -2.32. The van der Waals surface area contributed by atoms with E-state index >= 15 is 0 Å². The molecule has 110 valence electrons. The quantitative estimate of drug-likeness (QED) is 0.881. The first-order chi connectivity index (χ1) is 10.0. The van der Waals surface area contributed by atoms with Crippen molar-refractivity contribution in [2.45, 2.75) is 23.2 Å². The zero-order chi connectivity index (χ0) is 14.9. The Morgan fingerprint density at radius 2 is 1.76 bits per heavy atom. The molecule has 0 unspecified atom stereocenters. The number of hydrogen-bond donors (Lipinski definition) is 1. The van der Waals surface area contributed by atoms with Crippen molar-refractivity contribution in [3.63, 3.8) is 0 Å². The van der Waals surface area contributed by atoms with Crippen LogP contribution in [0.3, 0.4) is 0 Å². The van der Waals surface area contributed by atoms with Gasteiger partial charge in [-0.2, -0.15) is 0 Å². The molecule has 0 bridgehead atoms. The third-order valence-electron chi connectivity index (χ3n) is 3.95. The van der Waals surface area contributed by atoms with Gasteiger partial charge in [-0.25, -0.2) is 13.1 Å². The lowest BCUT2D eigenvalue weighted by atomic mass is 9.96. The smallest absolute Gasteiger partial charge is 0.210 e. The first-order valence-corrected chi connectivity index (χ1v) is 9.10. The predicted molar refractivity (Wildman–Crippen MR) is 86.7 cm³/mol. The monoisotopic (exact) mass is 365 g/mol. The second-order valence-corrected chi connectivity index (χ2v) is 8.11. The first-order valence-electron chi connectivity index (χ1n) is 6.83. The van der Waals surface area contributed by atoms with Crippen molar-refractivity contribution >= 4 is 26.0 Å². The number of hydrogen-bond acceptors (Lipinski definition) is 2. The molecule has 1 saturated carbocycles. The highest BCUT2D eigenvalue weighted by atomic mass is 79.9. The topological polar surface area (TPSA) is 46.2 Å². The van der Waals surface area contributed by atoms with Gasteiger partial charge in [0, 0.05) is 16.4 Å². The fourth-order valence-electron chi connectivity index (χ4n) is 2.46. The average molecular weight is 366 g/mol. The fourth-order valence-corrected chi connectivity index (χ4v) is 4.18. The van der Waals surface area contributed by atoms with E-state index < -0.39 is 10.0 Å². The maximum atomic E-state index is 12.4. The molecule has 21 heavy (non-hydrogen) atoms. The molecule has 3 rings (SSSR count). The number of rotatable bonds is 5. The van der Waals surface area contributed by atoms with Gasteiger partial charge in [-0.1, -0.05) is 52.3 Å². The van der Waals surface area contributed by atoms with Crippen LogP contribution in [0.4, 0.5) is 0 Å². The van der Waals surface area contributed by atoms with Crippen LogP contribution in [0, 0.1) is 0 Å². The van der Waals surface area contributed by atoms with Crippen LogP contribution >= 0.6 is 15.9 Å². The molecule has 1 fully saturated rings. The van der Waals surface area contributed by atoms with Crippen LogP contribution in [-0.2, 0) is 15.4 Å². The van der Waals surface area contributed by atoms with Gasteiger partial charge in [-0.15, -0.1) is 0 Å². The van der Waals surface area contributed by atoms with E-state index in [0.717, 1.165) is 17.3 Å². The molecule has 1 aliphatic carbocycles. The molecule has 1 aliphatic rings.